The van der Waals surface area contributed by atoms with Crippen LogP contribution in [-0.2, 0) is 11.4 Å². The lowest BCUT2D eigenvalue weighted by molar-refractivity contribution is -0.827. The fraction of sp³-hybridized carbons (Fsp3) is 0.167. The van der Waals surface area contributed by atoms with Crippen LogP contribution in [0.15, 0.2) is 34.9 Å². The smallest absolute Gasteiger partial charge is 0.321 e. The van der Waals surface area contributed by atoms with Gasteiger partial charge in [0.1, 0.15) is 6.20 Å². The number of amides is 2. The van der Waals surface area contributed by atoms with Gasteiger partial charge < -0.3 is 5.32 Å². The van der Waals surface area contributed by atoms with Gasteiger partial charge in [-0.2, -0.15) is 5.48 Å². The first-order valence-corrected chi connectivity index (χ1v) is 7.40. The summed E-state index contributed by atoms with van der Waals surface area (Å²) in [7, 11) is 1.57. The Morgan fingerprint density at radius 3 is 3.05 bits per heavy atom. The van der Waals surface area contributed by atoms with Crippen molar-refractivity contribution in [2.24, 2.45) is 0 Å². The second-order valence-corrected chi connectivity index (χ2v) is 5.74. The van der Waals surface area contributed by atoms with E-state index in [0.717, 1.165) is 15.0 Å². The number of urea groups is 1. The molecule has 106 valence electrons. The van der Waals surface area contributed by atoms with Crippen molar-refractivity contribution in [1.82, 2.24) is 10.3 Å². The molecule has 0 aliphatic carbocycles. The van der Waals surface area contributed by atoms with Crippen LogP contribution in [0.5, 0.6) is 0 Å². The summed E-state index contributed by atoms with van der Waals surface area (Å²) in [6.45, 7) is 0.440. The summed E-state index contributed by atoms with van der Waals surface area (Å²) in [5.41, 5.74) is 2.58. The average Bonchev–Trinajstić information content (AvgIpc) is 2.85. The Kier molecular flexibility index (Phi) is 5.48. The minimum absolute atomic E-state index is 0.293. The van der Waals surface area contributed by atoms with Gasteiger partial charge in [0.2, 0.25) is 5.00 Å². The van der Waals surface area contributed by atoms with Crippen LogP contribution >= 0.6 is 27.3 Å². The van der Waals surface area contributed by atoms with Crippen LogP contribution in [0.3, 0.4) is 0 Å². The molecule has 8 heteroatoms. The normalized spacial score (nSPS) is 10.3. The van der Waals surface area contributed by atoms with Gasteiger partial charge in [-0.15, -0.1) is 0 Å². The third-order valence-corrected chi connectivity index (χ3v) is 3.99. The highest BCUT2D eigenvalue weighted by Gasteiger charge is 2.09. The molecule has 0 aliphatic rings. The monoisotopic (exact) mass is 357 g/mol. The molecule has 6 nitrogen and oxygen atoms in total. The van der Waals surface area contributed by atoms with Crippen molar-refractivity contribution in [3.8, 4) is 0 Å². The van der Waals surface area contributed by atoms with Crippen LogP contribution in [0.1, 0.15) is 5.56 Å². The molecule has 1 aromatic carbocycles. The fourth-order valence-corrected chi connectivity index (χ4v) is 2.62. The Hall–Kier alpha value is -1.48. The highest BCUT2D eigenvalue weighted by Crippen LogP contribution is 2.19. The zero-order chi connectivity index (χ0) is 14.4. The molecule has 1 heterocycles. The lowest BCUT2D eigenvalue weighted by atomic mass is 10.2. The molecule has 0 aliphatic heterocycles. The number of carbonyl (C=O) groups is 1. The number of hydrogen-bond donors (Lipinski definition) is 3. The van der Waals surface area contributed by atoms with Crippen LogP contribution in [0.25, 0.3) is 0 Å². The molecule has 0 atom stereocenters. The predicted molar refractivity (Wildman–Crippen MR) is 80.7 cm³/mol. The Labute approximate surface area is 128 Å². The van der Waals surface area contributed by atoms with Gasteiger partial charge in [-0.3, -0.25) is 5.32 Å². The third-order valence-electron chi connectivity index (χ3n) is 2.38. The number of nitrogens with zero attached hydrogens (tertiary/aromatic N) is 1. The number of quaternary nitrogens is 1. The Morgan fingerprint density at radius 2 is 2.30 bits per heavy atom. The van der Waals surface area contributed by atoms with Crippen LogP contribution < -0.4 is 16.1 Å². The molecule has 1 aromatic heterocycles. The summed E-state index contributed by atoms with van der Waals surface area (Å²) in [5.74, 6) is 0. The maximum absolute atomic E-state index is 11.8. The summed E-state index contributed by atoms with van der Waals surface area (Å²) >= 11 is 4.77. The van der Waals surface area contributed by atoms with Gasteiger partial charge in [0, 0.05) is 11.0 Å². The first-order chi connectivity index (χ1) is 9.69. The van der Waals surface area contributed by atoms with Crippen LogP contribution in [0.4, 0.5) is 14.9 Å². The fourth-order valence-electron chi connectivity index (χ4n) is 1.47. The van der Waals surface area contributed by atoms with Crippen molar-refractivity contribution < 1.29 is 15.1 Å². The number of nitrogens with two attached hydrogens (primary N) is 1. The van der Waals surface area contributed by atoms with E-state index in [2.05, 4.69) is 31.5 Å². The van der Waals surface area contributed by atoms with E-state index in [-0.39, 0.29) is 6.03 Å². The molecule has 0 saturated heterocycles. The van der Waals surface area contributed by atoms with Gasteiger partial charge in [0.15, 0.2) is 5.13 Å². The molecular formula is C12H14BrN4O2S+. The number of anilines is 1. The lowest BCUT2D eigenvalue weighted by Gasteiger charge is -2.06. The number of hydrogen-bond acceptors (Lipinski definition) is 4. The summed E-state index contributed by atoms with van der Waals surface area (Å²) in [6.07, 6.45) is 1.64. The summed E-state index contributed by atoms with van der Waals surface area (Å²) in [5, 5.41) is 6.82. The molecule has 0 saturated carbocycles. The highest BCUT2D eigenvalue weighted by molar-refractivity contribution is 9.10. The molecule has 0 spiro atoms. The topological polar surface area (TPSA) is 79.9 Å². The van der Waals surface area contributed by atoms with E-state index in [0.29, 0.717) is 11.7 Å². The number of aromatic nitrogens is 1. The average molecular weight is 358 g/mol. The standard InChI is InChI=1S/C12H13BrN4O2S/c1-19-17-10-7-15-12(20-10)16-11(18)14-6-8-4-2-3-5-9(8)13/h2-5,7,17H,6H2,1H3,(H2,14,15,16,18)/p+1. The second-order valence-electron chi connectivity index (χ2n) is 3.82. The van der Waals surface area contributed by atoms with Crippen LogP contribution in [-0.4, -0.2) is 18.1 Å². The van der Waals surface area contributed by atoms with Gasteiger partial charge in [-0.1, -0.05) is 34.1 Å². The molecule has 0 unspecified atom stereocenters. The number of thiazole rings is 1. The molecule has 0 fully saturated rings. The van der Waals surface area contributed by atoms with Crippen molar-refractivity contribution in [2.45, 2.75) is 6.54 Å². The van der Waals surface area contributed by atoms with Gasteiger partial charge >= 0.3 is 6.03 Å². The molecule has 20 heavy (non-hydrogen) atoms. The molecule has 2 rings (SSSR count). The summed E-state index contributed by atoms with van der Waals surface area (Å²) < 4.78 is 0.964. The Bertz CT molecular complexity index is 590. The van der Waals surface area contributed by atoms with Gasteiger partial charge in [0.25, 0.3) is 0 Å². The van der Waals surface area contributed by atoms with Crippen molar-refractivity contribution in [2.75, 3.05) is 12.4 Å². The molecule has 4 N–H and O–H groups in total. The minimum Gasteiger partial charge on any atom is -0.334 e. The molecule has 0 bridgehead atoms. The zero-order valence-electron chi connectivity index (χ0n) is 10.7. The Morgan fingerprint density at radius 1 is 1.50 bits per heavy atom. The van der Waals surface area contributed by atoms with Crippen molar-refractivity contribution in [3.05, 3.63) is 40.5 Å². The number of nitrogens with one attached hydrogen (secondary N) is 2. The minimum atomic E-state index is -0.293. The van der Waals surface area contributed by atoms with E-state index < -0.39 is 0 Å². The van der Waals surface area contributed by atoms with E-state index in [4.69, 9.17) is 4.84 Å². The SMILES string of the molecule is CO[NH2+]c1cnc(NC(=O)NCc2ccccc2Br)s1. The van der Waals surface area contributed by atoms with E-state index >= 15 is 0 Å². The first-order valence-electron chi connectivity index (χ1n) is 5.79. The number of benzene rings is 1. The van der Waals surface area contributed by atoms with Crippen LogP contribution in [0, 0.1) is 0 Å². The molecule has 2 aromatic rings. The molecular weight excluding hydrogens is 344 g/mol. The van der Waals surface area contributed by atoms with Gasteiger partial charge in [0.05, 0.1) is 7.11 Å². The van der Waals surface area contributed by atoms with E-state index in [1.54, 1.807) is 18.8 Å². The Balaban J connectivity index is 1.84. The number of rotatable bonds is 5. The van der Waals surface area contributed by atoms with Crippen molar-refractivity contribution in [3.63, 3.8) is 0 Å². The zero-order valence-corrected chi connectivity index (χ0v) is 13.1. The van der Waals surface area contributed by atoms with Crippen LogP contribution in [0.2, 0.25) is 0 Å². The first kappa shape index (κ1) is 14.9. The van der Waals surface area contributed by atoms with Crippen molar-refractivity contribution in [1.29, 1.82) is 0 Å². The number of halogens is 1. The maximum Gasteiger partial charge on any atom is 0.321 e. The van der Waals surface area contributed by atoms with E-state index in [1.807, 2.05) is 24.3 Å². The number of carbonyl (C=O) groups excluding carboxylic acids is 1. The lowest BCUT2D eigenvalue weighted by Crippen LogP contribution is -2.75. The maximum atomic E-state index is 11.8. The van der Waals surface area contributed by atoms with Gasteiger partial charge in [-0.25, -0.2) is 14.6 Å². The predicted octanol–water partition coefficient (Wildman–Crippen LogP) is 1.98. The quantitative estimate of drug-likeness (QED) is 0.715. The van der Waals surface area contributed by atoms with Gasteiger partial charge in [-0.05, 0) is 23.0 Å². The highest BCUT2D eigenvalue weighted by atomic mass is 79.9. The largest absolute Gasteiger partial charge is 0.334 e. The molecule has 2 amide bonds. The summed E-state index contributed by atoms with van der Waals surface area (Å²) in [6, 6.07) is 7.44. The van der Waals surface area contributed by atoms with Crippen molar-refractivity contribution >= 4 is 43.4 Å². The summed E-state index contributed by atoms with van der Waals surface area (Å²) in [4.78, 5) is 20.7. The third kappa shape index (κ3) is 4.27. The molecule has 0 radical (unpaired) electrons. The second kappa shape index (κ2) is 7.34. The van der Waals surface area contributed by atoms with E-state index in [9.17, 15) is 4.79 Å². The van der Waals surface area contributed by atoms with E-state index in [1.165, 1.54) is 11.3 Å².